The molecule has 2 aromatic heterocycles. The third kappa shape index (κ3) is 4.23. The van der Waals surface area contributed by atoms with Gasteiger partial charge >= 0.3 is 0 Å². The van der Waals surface area contributed by atoms with Crippen molar-refractivity contribution in [2.24, 2.45) is 0 Å². The topological polar surface area (TPSA) is 104 Å². The number of aromatic hydroxyl groups is 1. The van der Waals surface area contributed by atoms with Crippen LogP contribution in [0.15, 0.2) is 30.5 Å². The molecule has 5 atom stereocenters. The average Bonchev–Trinajstić information content (AvgIpc) is 3.42. The van der Waals surface area contributed by atoms with Gasteiger partial charge in [0.25, 0.3) is 5.19 Å². The summed E-state index contributed by atoms with van der Waals surface area (Å²) < 4.78 is 19.5. The number of aromatic nitrogens is 4. The van der Waals surface area contributed by atoms with Gasteiger partial charge in [0.1, 0.15) is 11.9 Å². The van der Waals surface area contributed by atoms with Crippen molar-refractivity contribution in [3.8, 4) is 27.2 Å². The zero-order chi connectivity index (χ0) is 23.2. The molecule has 0 saturated carbocycles. The molecule has 2 N–H and O–H groups in total. The van der Waals surface area contributed by atoms with E-state index in [0.29, 0.717) is 15.8 Å². The molecule has 1 aromatic carbocycles. The maximum Gasteiger partial charge on any atom is 0.294 e. The lowest BCUT2D eigenvalue weighted by molar-refractivity contribution is -0.112. The highest BCUT2D eigenvalue weighted by molar-refractivity contribution is 7.16. The van der Waals surface area contributed by atoms with E-state index in [1.165, 1.54) is 11.3 Å². The van der Waals surface area contributed by atoms with Crippen LogP contribution in [0.5, 0.6) is 10.9 Å². The van der Waals surface area contributed by atoms with Gasteiger partial charge in [-0.2, -0.15) is 5.10 Å². The van der Waals surface area contributed by atoms with Gasteiger partial charge < -0.3 is 24.6 Å². The number of hydrogen-bond acceptors (Lipinski definition) is 9. The maximum absolute atomic E-state index is 10.6. The van der Waals surface area contributed by atoms with Crippen LogP contribution < -0.4 is 10.1 Å². The highest BCUT2D eigenvalue weighted by atomic mass is 32.1. The summed E-state index contributed by atoms with van der Waals surface area (Å²) in [4.78, 5) is 0. The van der Waals surface area contributed by atoms with E-state index in [9.17, 15) is 5.11 Å². The number of nitrogens with one attached hydrogen (secondary N) is 1. The van der Waals surface area contributed by atoms with Gasteiger partial charge in [-0.25, -0.2) is 4.68 Å². The minimum Gasteiger partial charge on any atom is -0.507 e. The summed E-state index contributed by atoms with van der Waals surface area (Å²) in [5.41, 5.74) is 2.11. The molecule has 2 saturated heterocycles. The molecule has 9 nitrogen and oxygen atoms in total. The number of benzene rings is 1. The predicted molar refractivity (Wildman–Crippen MR) is 124 cm³/mol. The second-order valence-electron chi connectivity index (χ2n) is 9.06. The van der Waals surface area contributed by atoms with Gasteiger partial charge in [0.05, 0.1) is 29.2 Å². The molecule has 3 aromatic rings. The number of ether oxygens (including phenoxy) is 3. The molecule has 176 valence electrons. The molecular formula is C23H29N5O4S. The summed E-state index contributed by atoms with van der Waals surface area (Å²) in [6, 6.07) is 7.51. The fourth-order valence-electron chi connectivity index (χ4n) is 5.10. The van der Waals surface area contributed by atoms with E-state index < -0.39 is 0 Å². The van der Waals surface area contributed by atoms with Crippen LogP contribution in [0.3, 0.4) is 0 Å². The van der Waals surface area contributed by atoms with E-state index in [4.69, 9.17) is 14.2 Å². The number of rotatable bonds is 6. The Kier molecular flexibility index (Phi) is 5.86. The van der Waals surface area contributed by atoms with Crippen LogP contribution in [0.2, 0.25) is 0 Å². The predicted octanol–water partition coefficient (Wildman–Crippen LogP) is 3.10. The summed E-state index contributed by atoms with van der Waals surface area (Å²) in [6.45, 7) is 4.11. The molecule has 10 heteroatoms. The number of hydrogen-bond donors (Lipinski definition) is 2. The van der Waals surface area contributed by atoms with Crippen molar-refractivity contribution in [3.63, 3.8) is 0 Å². The molecule has 0 radical (unpaired) electrons. The smallest absolute Gasteiger partial charge is 0.294 e. The Hall–Kier alpha value is -2.53. The summed E-state index contributed by atoms with van der Waals surface area (Å²) in [6.07, 6.45) is 4.44. The molecular weight excluding hydrogens is 442 g/mol. The van der Waals surface area contributed by atoms with Gasteiger partial charge in [-0.05, 0) is 32.0 Å². The van der Waals surface area contributed by atoms with Crippen LogP contribution >= 0.6 is 11.3 Å². The SMILES string of the molecule is COC1CC(OC)C2(C)CC(Oc3nnc(-c4ccc(-n5ccc(C)n5)cc4O)s3)CC1N2. The monoisotopic (exact) mass is 471 g/mol. The second kappa shape index (κ2) is 8.68. The van der Waals surface area contributed by atoms with Crippen LogP contribution in [-0.4, -0.2) is 69.2 Å². The van der Waals surface area contributed by atoms with Gasteiger partial charge in [-0.15, -0.1) is 5.10 Å². The van der Waals surface area contributed by atoms with Crippen LogP contribution in [-0.2, 0) is 9.47 Å². The summed E-state index contributed by atoms with van der Waals surface area (Å²) in [5.74, 6) is 0.123. The Labute approximate surface area is 196 Å². The van der Waals surface area contributed by atoms with E-state index in [-0.39, 0.29) is 35.6 Å². The van der Waals surface area contributed by atoms with Crippen molar-refractivity contribution in [1.29, 1.82) is 0 Å². The van der Waals surface area contributed by atoms with E-state index in [1.54, 1.807) is 25.0 Å². The minimum atomic E-state index is -0.191. The first-order chi connectivity index (χ1) is 15.9. The van der Waals surface area contributed by atoms with E-state index in [2.05, 4.69) is 27.5 Å². The number of fused-ring (bicyclic) bond motifs is 2. The Bertz CT molecular complexity index is 1130. The lowest BCUT2D eigenvalue weighted by Gasteiger charge is -2.53. The standard InChI is InChI=1S/C23H29N5O4S/c1-13-7-8-28(27-13)14-5-6-16(18(29)9-14)21-25-26-22(33-21)32-15-10-17-19(30-3)11-20(31-4)23(2,12-15)24-17/h5-9,15,17,19-20,24,29H,10-12H2,1-4H3. The molecule has 0 aliphatic carbocycles. The molecule has 33 heavy (non-hydrogen) atoms. The third-order valence-electron chi connectivity index (χ3n) is 6.75. The van der Waals surface area contributed by atoms with Crippen LogP contribution in [0.1, 0.15) is 31.9 Å². The van der Waals surface area contributed by atoms with Gasteiger partial charge in [-0.1, -0.05) is 16.4 Å². The lowest BCUT2D eigenvalue weighted by atomic mass is 9.73. The highest BCUT2D eigenvalue weighted by Gasteiger charge is 2.50. The molecule has 0 amide bonds. The number of nitrogens with zero attached hydrogens (tertiary/aromatic N) is 4. The zero-order valence-corrected chi connectivity index (χ0v) is 20.0. The molecule has 2 aliphatic heterocycles. The van der Waals surface area contributed by atoms with E-state index in [0.717, 1.165) is 30.6 Å². The molecule has 2 bridgehead atoms. The maximum atomic E-state index is 10.6. The highest BCUT2D eigenvalue weighted by Crippen LogP contribution is 2.40. The first-order valence-corrected chi connectivity index (χ1v) is 11.9. The molecule has 4 heterocycles. The second-order valence-corrected chi connectivity index (χ2v) is 10.00. The molecule has 5 unspecified atom stereocenters. The first-order valence-electron chi connectivity index (χ1n) is 11.1. The Morgan fingerprint density at radius 2 is 2.03 bits per heavy atom. The van der Waals surface area contributed by atoms with Gasteiger partial charge in [0, 0.05) is 57.3 Å². The zero-order valence-electron chi connectivity index (χ0n) is 19.2. The van der Waals surface area contributed by atoms with Crippen LogP contribution in [0.25, 0.3) is 16.3 Å². The summed E-state index contributed by atoms with van der Waals surface area (Å²) in [5, 5.41) is 28.3. The minimum absolute atomic E-state index is 0.0309. The molecule has 2 fully saturated rings. The molecule has 0 spiro atoms. The largest absolute Gasteiger partial charge is 0.507 e. The number of phenolic OH excluding ortho intramolecular Hbond substituents is 1. The first kappa shape index (κ1) is 22.3. The van der Waals surface area contributed by atoms with Gasteiger partial charge in [-0.3, -0.25) is 0 Å². The average molecular weight is 472 g/mol. The van der Waals surface area contributed by atoms with Crippen molar-refractivity contribution in [2.75, 3.05) is 14.2 Å². The van der Waals surface area contributed by atoms with Crippen molar-refractivity contribution < 1.29 is 19.3 Å². The third-order valence-corrected chi connectivity index (χ3v) is 7.60. The van der Waals surface area contributed by atoms with Crippen molar-refractivity contribution in [1.82, 2.24) is 25.3 Å². The summed E-state index contributed by atoms with van der Waals surface area (Å²) >= 11 is 1.33. The van der Waals surface area contributed by atoms with Gasteiger partial charge in [0.15, 0.2) is 5.01 Å². The quantitative estimate of drug-likeness (QED) is 0.565. The Morgan fingerprint density at radius 1 is 1.18 bits per heavy atom. The fourth-order valence-corrected chi connectivity index (χ4v) is 5.90. The number of piperidine rings is 2. The van der Waals surface area contributed by atoms with Crippen LogP contribution in [0.4, 0.5) is 0 Å². The molecule has 5 rings (SSSR count). The normalized spacial score (nSPS) is 29.2. The molecule has 2 aliphatic rings. The number of aryl methyl sites for hydroxylation is 1. The summed E-state index contributed by atoms with van der Waals surface area (Å²) in [7, 11) is 3.49. The van der Waals surface area contributed by atoms with Crippen molar-refractivity contribution >= 4 is 11.3 Å². The Balaban J connectivity index is 1.32. The number of phenols is 1. The Morgan fingerprint density at radius 3 is 2.73 bits per heavy atom. The van der Waals surface area contributed by atoms with Crippen LogP contribution in [0, 0.1) is 6.92 Å². The van der Waals surface area contributed by atoms with Crippen molar-refractivity contribution in [2.45, 2.75) is 63.0 Å². The fraction of sp³-hybridized carbons (Fsp3) is 0.522. The lowest BCUT2D eigenvalue weighted by Crippen LogP contribution is -2.70. The number of methoxy groups -OCH3 is 2. The van der Waals surface area contributed by atoms with E-state index in [1.807, 2.05) is 31.3 Å². The van der Waals surface area contributed by atoms with E-state index >= 15 is 0 Å². The van der Waals surface area contributed by atoms with Gasteiger partial charge in [0.2, 0.25) is 0 Å². The van der Waals surface area contributed by atoms with Crippen molar-refractivity contribution in [3.05, 3.63) is 36.2 Å².